The summed E-state index contributed by atoms with van der Waals surface area (Å²) in [6, 6.07) is 6.81. The zero-order chi connectivity index (χ0) is 13.2. The molecule has 1 aliphatic carbocycles. The van der Waals surface area contributed by atoms with Crippen LogP contribution in [0.4, 0.5) is 4.39 Å². The molecule has 1 aromatic rings. The van der Waals surface area contributed by atoms with Crippen molar-refractivity contribution >= 4 is 0 Å². The van der Waals surface area contributed by atoms with Gasteiger partial charge < -0.3 is 0 Å². The average molecular weight is 250 g/mol. The Labute approximate surface area is 109 Å². The number of hydrogen-bond donors (Lipinski definition) is 2. The van der Waals surface area contributed by atoms with Gasteiger partial charge >= 0.3 is 0 Å². The van der Waals surface area contributed by atoms with Gasteiger partial charge in [0.25, 0.3) is 0 Å². The Balaban J connectivity index is 2.24. The van der Waals surface area contributed by atoms with Gasteiger partial charge in [-0.2, -0.15) is 0 Å². The van der Waals surface area contributed by atoms with E-state index in [4.69, 9.17) is 5.84 Å². The van der Waals surface area contributed by atoms with Crippen LogP contribution in [0.25, 0.3) is 0 Å². The molecule has 18 heavy (non-hydrogen) atoms. The molecule has 0 amide bonds. The second kappa shape index (κ2) is 5.37. The Hall–Kier alpha value is -0.930. The van der Waals surface area contributed by atoms with Crippen molar-refractivity contribution in [2.75, 3.05) is 0 Å². The maximum atomic E-state index is 13.0. The molecule has 2 atom stereocenters. The molecule has 0 radical (unpaired) electrons. The maximum Gasteiger partial charge on any atom is 0.123 e. The van der Waals surface area contributed by atoms with E-state index in [0.29, 0.717) is 5.92 Å². The van der Waals surface area contributed by atoms with Crippen LogP contribution in [-0.4, -0.2) is 0 Å². The molecule has 3 heteroatoms. The Kier molecular flexibility index (Phi) is 4.03. The summed E-state index contributed by atoms with van der Waals surface area (Å²) in [5, 5.41) is 0. The Bertz CT molecular complexity index is 386. The number of rotatable bonds is 3. The molecule has 0 aromatic heterocycles. The quantitative estimate of drug-likeness (QED) is 0.636. The first-order chi connectivity index (χ1) is 8.54. The normalized spacial score (nSPS) is 24.8. The van der Waals surface area contributed by atoms with Gasteiger partial charge in [0.1, 0.15) is 5.82 Å². The minimum absolute atomic E-state index is 0.112. The first-order valence-electron chi connectivity index (χ1n) is 6.76. The fourth-order valence-electron chi connectivity index (χ4n) is 3.25. The summed E-state index contributed by atoms with van der Waals surface area (Å²) in [5.41, 5.74) is 4.30. The predicted octanol–water partition coefficient (Wildman–Crippen LogP) is 3.55. The van der Waals surface area contributed by atoms with Crippen LogP contribution >= 0.6 is 0 Å². The fourth-order valence-corrected chi connectivity index (χ4v) is 3.25. The van der Waals surface area contributed by atoms with Gasteiger partial charge in [0.2, 0.25) is 0 Å². The van der Waals surface area contributed by atoms with Gasteiger partial charge in [0.05, 0.1) is 0 Å². The lowest BCUT2D eigenvalue weighted by atomic mass is 9.65. The van der Waals surface area contributed by atoms with E-state index in [1.807, 2.05) is 12.1 Å². The lowest BCUT2D eigenvalue weighted by Crippen LogP contribution is -2.41. The smallest absolute Gasteiger partial charge is 0.123 e. The van der Waals surface area contributed by atoms with Gasteiger partial charge in [0.15, 0.2) is 0 Å². The zero-order valence-electron chi connectivity index (χ0n) is 11.2. The van der Waals surface area contributed by atoms with Crippen molar-refractivity contribution in [3.8, 4) is 0 Å². The second-order valence-electron chi connectivity index (χ2n) is 6.04. The van der Waals surface area contributed by atoms with Crippen LogP contribution in [0.2, 0.25) is 0 Å². The SMILES string of the molecule is CC1(C)CCCCC1C(NN)c1ccc(F)cc1. The Morgan fingerprint density at radius 1 is 1.28 bits per heavy atom. The highest BCUT2D eigenvalue weighted by molar-refractivity contribution is 5.21. The molecule has 0 aliphatic heterocycles. The van der Waals surface area contributed by atoms with E-state index in [1.54, 1.807) is 0 Å². The standard InChI is InChI=1S/C15H23FN2/c1-15(2)10-4-3-5-13(15)14(18-17)11-6-8-12(16)9-7-11/h6-9,13-14,18H,3-5,10,17H2,1-2H3. The van der Waals surface area contributed by atoms with Crippen LogP contribution in [0.3, 0.4) is 0 Å². The highest BCUT2D eigenvalue weighted by atomic mass is 19.1. The molecular weight excluding hydrogens is 227 g/mol. The van der Waals surface area contributed by atoms with Crippen molar-refractivity contribution in [2.45, 2.75) is 45.6 Å². The molecule has 1 saturated carbocycles. The average Bonchev–Trinajstić information content (AvgIpc) is 2.34. The van der Waals surface area contributed by atoms with Crippen LogP contribution in [-0.2, 0) is 0 Å². The highest BCUT2D eigenvalue weighted by Crippen LogP contribution is 2.46. The third-order valence-electron chi connectivity index (χ3n) is 4.40. The topological polar surface area (TPSA) is 38.0 Å². The third kappa shape index (κ3) is 2.73. The summed E-state index contributed by atoms with van der Waals surface area (Å²) >= 11 is 0. The van der Waals surface area contributed by atoms with Gasteiger partial charge in [-0.1, -0.05) is 38.8 Å². The van der Waals surface area contributed by atoms with Gasteiger partial charge in [-0.05, 0) is 41.9 Å². The van der Waals surface area contributed by atoms with Crippen LogP contribution in [0.15, 0.2) is 24.3 Å². The molecule has 0 bridgehead atoms. The van der Waals surface area contributed by atoms with Crippen LogP contribution in [0, 0.1) is 17.2 Å². The van der Waals surface area contributed by atoms with E-state index in [0.717, 1.165) is 5.56 Å². The number of nitrogens with two attached hydrogens (primary N) is 1. The minimum Gasteiger partial charge on any atom is -0.271 e. The number of hydrogen-bond acceptors (Lipinski definition) is 2. The molecule has 1 aliphatic rings. The largest absolute Gasteiger partial charge is 0.271 e. The molecule has 0 saturated heterocycles. The molecule has 1 fully saturated rings. The molecule has 0 heterocycles. The van der Waals surface area contributed by atoms with Gasteiger partial charge in [-0.15, -0.1) is 0 Å². The molecule has 100 valence electrons. The lowest BCUT2D eigenvalue weighted by Gasteiger charge is -2.43. The third-order valence-corrected chi connectivity index (χ3v) is 4.40. The summed E-state index contributed by atoms with van der Waals surface area (Å²) in [6.07, 6.45) is 4.97. The maximum absolute atomic E-state index is 13.0. The van der Waals surface area contributed by atoms with Crippen molar-refractivity contribution in [1.29, 1.82) is 0 Å². The number of benzene rings is 1. The first-order valence-corrected chi connectivity index (χ1v) is 6.76. The summed E-state index contributed by atoms with van der Waals surface area (Å²) in [4.78, 5) is 0. The van der Waals surface area contributed by atoms with Gasteiger partial charge in [0, 0.05) is 6.04 Å². The monoisotopic (exact) mass is 250 g/mol. The van der Waals surface area contributed by atoms with Crippen molar-refractivity contribution in [2.24, 2.45) is 17.2 Å². The summed E-state index contributed by atoms with van der Waals surface area (Å²) in [6.45, 7) is 4.62. The molecule has 3 N–H and O–H groups in total. The number of nitrogens with one attached hydrogen (secondary N) is 1. The van der Waals surface area contributed by atoms with Crippen molar-refractivity contribution in [1.82, 2.24) is 5.43 Å². The van der Waals surface area contributed by atoms with Gasteiger partial charge in [-0.25, -0.2) is 4.39 Å². The minimum atomic E-state index is -0.197. The summed E-state index contributed by atoms with van der Waals surface area (Å²) in [7, 11) is 0. The van der Waals surface area contributed by atoms with E-state index in [9.17, 15) is 4.39 Å². The number of halogens is 1. The molecule has 2 rings (SSSR count). The first kappa shape index (κ1) is 13.5. The predicted molar refractivity (Wildman–Crippen MR) is 72.2 cm³/mol. The van der Waals surface area contributed by atoms with Crippen LogP contribution in [0.1, 0.15) is 51.1 Å². The van der Waals surface area contributed by atoms with Crippen molar-refractivity contribution < 1.29 is 4.39 Å². The highest BCUT2D eigenvalue weighted by Gasteiger charge is 2.37. The molecule has 1 aromatic carbocycles. The van der Waals surface area contributed by atoms with Crippen molar-refractivity contribution in [3.63, 3.8) is 0 Å². The lowest BCUT2D eigenvalue weighted by molar-refractivity contribution is 0.0982. The van der Waals surface area contributed by atoms with Crippen molar-refractivity contribution in [3.05, 3.63) is 35.6 Å². The summed E-state index contributed by atoms with van der Waals surface area (Å²) < 4.78 is 13.0. The van der Waals surface area contributed by atoms with E-state index >= 15 is 0 Å². The Morgan fingerprint density at radius 2 is 1.94 bits per heavy atom. The Morgan fingerprint density at radius 3 is 2.50 bits per heavy atom. The van der Waals surface area contributed by atoms with E-state index in [2.05, 4.69) is 19.3 Å². The number of hydrazine groups is 1. The van der Waals surface area contributed by atoms with E-state index in [-0.39, 0.29) is 17.3 Å². The fraction of sp³-hybridized carbons (Fsp3) is 0.600. The molecular formula is C15H23FN2. The molecule has 2 unspecified atom stereocenters. The second-order valence-corrected chi connectivity index (χ2v) is 6.04. The van der Waals surface area contributed by atoms with E-state index < -0.39 is 0 Å². The summed E-state index contributed by atoms with van der Waals surface area (Å²) in [5.74, 6) is 6.06. The van der Waals surface area contributed by atoms with Crippen LogP contribution < -0.4 is 11.3 Å². The molecule has 2 nitrogen and oxygen atoms in total. The van der Waals surface area contributed by atoms with Gasteiger partial charge in [-0.3, -0.25) is 11.3 Å². The molecule has 0 spiro atoms. The van der Waals surface area contributed by atoms with Crippen LogP contribution in [0.5, 0.6) is 0 Å². The van der Waals surface area contributed by atoms with E-state index in [1.165, 1.54) is 37.8 Å². The zero-order valence-corrected chi connectivity index (χ0v) is 11.2.